The van der Waals surface area contributed by atoms with E-state index in [9.17, 15) is 27.2 Å². The summed E-state index contributed by atoms with van der Waals surface area (Å²) in [4.78, 5) is 40.3. The van der Waals surface area contributed by atoms with Crippen molar-refractivity contribution in [1.82, 2.24) is 14.5 Å². The van der Waals surface area contributed by atoms with Gasteiger partial charge in [0.1, 0.15) is 16.8 Å². The van der Waals surface area contributed by atoms with Crippen LogP contribution in [0.2, 0.25) is 0 Å². The Hall–Kier alpha value is -3.27. The van der Waals surface area contributed by atoms with Crippen molar-refractivity contribution in [2.24, 2.45) is 5.92 Å². The van der Waals surface area contributed by atoms with Crippen molar-refractivity contribution in [3.8, 4) is 0 Å². The van der Waals surface area contributed by atoms with Crippen LogP contribution in [0, 0.1) is 11.7 Å². The molecule has 2 aromatic carbocycles. The first-order valence-electron chi connectivity index (χ1n) is 12.0. The zero-order chi connectivity index (χ0) is 26.5. The number of hydrogen-bond acceptors (Lipinski definition) is 5. The van der Waals surface area contributed by atoms with Gasteiger partial charge >= 0.3 is 0 Å². The van der Waals surface area contributed by atoms with Crippen molar-refractivity contribution in [3.63, 3.8) is 0 Å². The molecule has 1 aliphatic rings. The molecule has 1 N–H and O–H groups in total. The summed E-state index contributed by atoms with van der Waals surface area (Å²) in [7, 11) is -3.96. The Kier molecular flexibility index (Phi) is 8.84. The second-order valence-electron chi connectivity index (χ2n) is 9.19. The minimum absolute atomic E-state index is 0.0351. The molecule has 0 bridgehead atoms. The quantitative estimate of drug-likeness (QED) is 0.493. The lowest BCUT2D eigenvalue weighted by atomic mass is 10.1. The van der Waals surface area contributed by atoms with E-state index in [4.69, 9.17) is 0 Å². The van der Waals surface area contributed by atoms with Crippen LogP contribution in [0.1, 0.15) is 56.0 Å². The molecule has 8 nitrogen and oxygen atoms in total. The summed E-state index contributed by atoms with van der Waals surface area (Å²) in [6, 6.07) is 11.0. The minimum atomic E-state index is -3.96. The van der Waals surface area contributed by atoms with E-state index in [2.05, 4.69) is 5.32 Å². The van der Waals surface area contributed by atoms with Crippen LogP contribution in [-0.2, 0) is 26.2 Å². The standard InChI is InChI=1S/C26H32FN3O5S/c1-4-22(25(32)28-16-18(2)3)29(17-19-11-13-20(27)14-12-19)24(31)10-7-15-30-26(33)21-8-5-6-9-23(21)36(30,34)35/h5-6,8-9,11-14,18,22H,4,7,10,15-17H2,1-3H3,(H,28,32)/t22-/m0/s1. The Morgan fingerprint density at radius 3 is 2.36 bits per heavy atom. The van der Waals surface area contributed by atoms with Crippen molar-refractivity contribution >= 4 is 27.7 Å². The molecule has 36 heavy (non-hydrogen) atoms. The van der Waals surface area contributed by atoms with E-state index in [-0.39, 0.29) is 54.1 Å². The fourth-order valence-electron chi connectivity index (χ4n) is 4.10. The Labute approximate surface area is 211 Å². The van der Waals surface area contributed by atoms with E-state index in [0.717, 1.165) is 4.31 Å². The molecule has 0 aliphatic carbocycles. The zero-order valence-corrected chi connectivity index (χ0v) is 21.6. The van der Waals surface area contributed by atoms with Gasteiger partial charge < -0.3 is 10.2 Å². The lowest BCUT2D eigenvalue weighted by molar-refractivity contribution is -0.141. The molecule has 1 heterocycles. The molecule has 1 atom stereocenters. The molecule has 0 fully saturated rings. The highest BCUT2D eigenvalue weighted by Gasteiger charge is 2.40. The van der Waals surface area contributed by atoms with Gasteiger partial charge in [-0.25, -0.2) is 17.1 Å². The predicted octanol–water partition coefficient (Wildman–Crippen LogP) is 3.33. The topological polar surface area (TPSA) is 104 Å². The van der Waals surface area contributed by atoms with Crippen LogP contribution in [-0.4, -0.2) is 54.5 Å². The van der Waals surface area contributed by atoms with Crippen LogP contribution in [0.25, 0.3) is 0 Å². The third-order valence-corrected chi connectivity index (χ3v) is 7.84. The second kappa shape index (κ2) is 11.6. The van der Waals surface area contributed by atoms with Crippen molar-refractivity contribution in [2.75, 3.05) is 13.1 Å². The fraction of sp³-hybridized carbons (Fsp3) is 0.423. The Bertz CT molecular complexity index is 1210. The number of hydrogen-bond donors (Lipinski definition) is 1. The lowest BCUT2D eigenvalue weighted by Gasteiger charge is -2.31. The molecule has 0 saturated heterocycles. The SMILES string of the molecule is CC[C@@H](C(=O)NCC(C)C)N(Cc1ccc(F)cc1)C(=O)CCCN1C(=O)c2ccccc2S1(=O)=O. The fourth-order valence-corrected chi connectivity index (χ4v) is 5.71. The summed E-state index contributed by atoms with van der Waals surface area (Å²) in [5.74, 6) is -1.42. The lowest BCUT2D eigenvalue weighted by Crippen LogP contribution is -2.49. The largest absolute Gasteiger partial charge is 0.354 e. The molecule has 194 valence electrons. The van der Waals surface area contributed by atoms with Crippen LogP contribution >= 0.6 is 0 Å². The highest BCUT2D eigenvalue weighted by Crippen LogP contribution is 2.30. The first-order chi connectivity index (χ1) is 17.1. The summed E-state index contributed by atoms with van der Waals surface area (Å²) in [5, 5.41) is 2.87. The van der Waals surface area contributed by atoms with Crippen molar-refractivity contribution in [2.45, 2.75) is 57.5 Å². The molecule has 2 aromatic rings. The highest BCUT2D eigenvalue weighted by atomic mass is 32.2. The number of halogens is 1. The third kappa shape index (κ3) is 6.10. The zero-order valence-electron chi connectivity index (χ0n) is 20.7. The van der Waals surface area contributed by atoms with Gasteiger partial charge in [-0.2, -0.15) is 0 Å². The average molecular weight is 518 g/mol. The van der Waals surface area contributed by atoms with E-state index in [1.165, 1.54) is 29.2 Å². The summed E-state index contributed by atoms with van der Waals surface area (Å²) in [6.07, 6.45) is 0.401. The molecule has 1 aliphatic heterocycles. The minimum Gasteiger partial charge on any atom is -0.354 e. The Balaban J connectivity index is 1.73. The summed E-state index contributed by atoms with van der Waals surface area (Å²) >= 11 is 0. The number of nitrogens with one attached hydrogen (secondary N) is 1. The number of fused-ring (bicyclic) bond motifs is 1. The van der Waals surface area contributed by atoms with Crippen molar-refractivity contribution in [3.05, 3.63) is 65.5 Å². The van der Waals surface area contributed by atoms with Gasteiger partial charge in [-0.05, 0) is 48.6 Å². The second-order valence-corrected chi connectivity index (χ2v) is 11.0. The third-order valence-electron chi connectivity index (χ3n) is 6.00. The number of nitrogens with zero attached hydrogens (tertiary/aromatic N) is 2. The molecule has 0 spiro atoms. The van der Waals surface area contributed by atoms with Gasteiger partial charge in [0.05, 0.1) is 5.56 Å². The first kappa shape index (κ1) is 27.3. The van der Waals surface area contributed by atoms with Crippen molar-refractivity contribution < 1.29 is 27.2 Å². The van der Waals surface area contributed by atoms with E-state index in [1.807, 2.05) is 13.8 Å². The number of carbonyl (C=O) groups is 3. The molecular weight excluding hydrogens is 485 g/mol. The first-order valence-corrected chi connectivity index (χ1v) is 13.5. The smallest absolute Gasteiger partial charge is 0.269 e. The number of rotatable bonds is 11. The number of amides is 3. The van der Waals surface area contributed by atoms with Gasteiger partial charge in [-0.1, -0.05) is 45.0 Å². The van der Waals surface area contributed by atoms with Gasteiger partial charge in [0.15, 0.2) is 0 Å². The summed E-state index contributed by atoms with van der Waals surface area (Å²) in [5.41, 5.74) is 0.780. The molecule has 0 unspecified atom stereocenters. The molecule has 3 rings (SSSR count). The molecule has 3 amide bonds. The van der Waals surface area contributed by atoms with E-state index < -0.39 is 27.8 Å². The highest BCUT2D eigenvalue weighted by molar-refractivity contribution is 7.90. The van der Waals surface area contributed by atoms with Crippen LogP contribution in [0.5, 0.6) is 0 Å². The predicted molar refractivity (Wildman–Crippen MR) is 133 cm³/mol. The van der Waals surface area contributed by atoms with Gasteiger partial charge in [0, 0.05) is 26.1 Å². The normalized spacial score (nSPS) is 15.0. The van der Waals surface area contributed by atoms with E-state index >= 15 is 0 Å². The van der Waals surface area contributed by atoms with Crippen LogP contribution in [0.3, 0.4) is 0 Å². The van der Waals surface area contributed by atoms with Gasteiger partial charge in [-0.3, -0.25) is 14.4 Å². The Morgan fingerprint density at radius 1 is 1.08 bits per heavy atom. The molecular formula is C26H32FN3O5S. The van der Waals surface area contributed by atoms with Crippen molar-refractivity contribution in [1.29, 1.82) is 0 Å². The molecule has 10 heteroatoms. The maximum Gasteiger partial charge on any atom is 0.269 e. The number of carbonyl (C=O) groups excluding carboxylic acids is 3. The van der Waals surface area contributed by atoms with Crippen LogP contribution in [0.15, 0.2) is 53.4 Å². The monoisotopic (exact) mass is 517 g/mol. The van der Waals surface area contributed by atoms with Gasteiger partial charge in [-0.15, -0.1) is 0 Å². The number of sulfonamides is 1. The number of benzene rings is 2. The summed E-state index contributed by atoms with van der Waals surface area (Å²) in [6.45, 7) is 6.14. The molecule has 0 saturated carbocycles. The van der Waals surface area contributed by atoms with Crippen LogP contribution < -0.4 is 5.32 Å². The molecule has 0 radical (unpaired) electrons. The van der Waals surface area contributed by atoms with Crippen LogP contribution in [0.4, 0.5) is 4.39 Å². The maximum absolute atomic E-state index is 13.4. The van der Waals surface area contributed by atoms with E-state index in [1.54, 1.807) is 31.2 Å². The average Bonchev–Trinajstić information content (AvgIpc) is 3.04. The molecule has 0 aromatic heterocycles. The van der Waals surface area contributed by atoms with Gasteiger partial charge in [0.2, 0.25) is 11.8 Å². The van der Waals surface area contributed by atoms with E-state index in [0.29, 0.717) is 18.5 Å². The van der Waals surface area contributed by atoms with Gasteiger partial charge in [0.25, 0.3) is 15.9 Å². The Morgan fingerprint density at radius 2 is 1.75 bits per heavy atom. The maximum atomic E-state index is 13.4. The summed E-state index contributed by atoms with van der Waals surface area (Å²) < 4.78 is 39.7.